The number of aromatic nitrogens is 4. The summed E-state index contributed by atoms with van der Waals surface area (Å²) >= 11 is 7.78. The lowest BCUT2D eigenvalue weighted by Gasteiger charge is -2.05. The molecule has 0 amide bonds. The molecule has 26 heavy (non-hydrogen) atoms. The van der Waals surface area contributed by atoms with E-state index in [1.165, 1.54) is 18.3 Å². The number of nitrogens with zero attached hydrogens (tertiary/aromatic N) is 3. The van der Waals surface area contributed by atoms with Gasteiger partial charge >= 0.3 is 5.97 Å². The molecule has 0 aliphatic carbocycles. The van der Waals surface area contributed by atoms with Gasteiger partial charge in [0, 0.05) is 17.9 Å². The van der Waals surface area contributed by atoms with E-state index >= 15 is 0 Å². The van der Waals surface area contributed by atoms with E-state index in [9.17, 15) is 4.79 Å². The molecule has 0 atom stereocenters. The molecule has 0 saturated carbocycles. The van der Waals surface area contributed by atoms with Gasteiger partial charge in [0.15, 0.2) is 0 Å². The molecule has 0 radical (unpaired) electrons. The number of H-pyrrole nitrogens is 1. The van der Waals surface area contributed by atoms with Crippen LogP contribution in [-0.4, -0.2) is 26.4 Å². The van der Waals surface area contributed by atoms with Crippen molar-refractivity contribution in [2.24, 2.45) is 0 Å². The van der Waals surface area contributed by atoms with Crippen LogP contribution in [0.3, 0.4) is 0 Å². The average Bonchev–Trinajstić information content (AvgIpc) is 3.27. The van der Waals surface area contributed by atoms with Gasteiger partial charge in [0.25, 0.3) is 0 Å². The molecule has 2 N–H and O–H groups in total. The number of hydrogen-bond acceptors (Lipinski definition) is 7. The zero-order valence-corrected chi connectivity index (χ0v) is 15.1. The van der Waals surface area contributed by atoms with E-state index < -0.39 is 0 Å². The minimum absolute atomic E-state index is 0.369. The first kappa shape index (κ1) is 16.5. The van der Waals surface area contributed by atoms with Gasteiger partial charge in [-0.25, -0.2) is 0 Å². The molecule has 0 unspecified atom stereocenters. The van der Waals surface area contributed by atoms with E-state index in [4.69, 9.17) is 16.3 Å². The summed E-state index contributed by atoms with van der Waals surface area (Å²) in [7, 11) is 0. The van der Waals surface area contributed by atoms with E-state index in [0.29, 0.717) is 20.9 Å². The van der Waals surface area contributed by atoms with Crippen molar-refractivity contribution in [2.45, 2.75) is 6.92 Å². The van der Waals surface area contributed by atoms with Crippen molar-refractivity contribution < 1.29 is 9.53 Å². The highest BCUT2D eigenvalue weighted by Gasteiger charge is 2.12. The summed E-state index contributed by atoms with van der Waals surface area (Å²) in [5, 5.41) is 21.1. The summed E-state index contributed by atoms with van der Waals surface area (Å²) in [4.78, 5) is 11.1. The van der Waals surface area contributed by atoms with Gasteiger partial charge in [-0.05, 0) is 24.3 Å². The van der Waals surface area contributed by atoms with Crippen molar-refractivity contribution in [1.82, 2.24) is 20.4 Å². The first-order valence-electron chi connectivity index (χ1n) is 7.61. The van der Waals surface area contributed by atoms with Gasteiger partial charge in [0.1, 0.15) is 10.8 Å². The first-order valence-corrected chi connectivity index (χ1v) is 8.80. The molecule has 9 heteroatoms. The van der Waals surface area contributed by atoms with Crippen LogP contribution >= 0.6 is 22.9 Å². The summed E-state index contributed by atoms with van der Waals surface area (Å²) in [5.41, 5.74) is 2.39. The maximum Gasteiger partial charge on any atom is 0.308 e. The van der Waals surface area contributed by atoms with Gasteiger partial charge in [0.05, 0.1) is 22.4 Å². The fourth-order valence-electron chi connectivity index (χ4n) is 2.44. The first-order chi connectivity index (χ1) is 12.6. The van der Waals surface area contributed by atoms with Crippen LogP contribution in [0.2, 0.25) is 5.02 Å². The van der Waals surface area contributed by atoms with Crippen LogP contribution in [0.1, 0.15) is 6.92 Å². The van der Waals surface area contributed by atoms with Crippen LogP contribution in [-0.2, 0) is 4.79 Å². The molecule has 0 bridgehead atoms. The van der Waals surface area contributed by atoms with E-state index in [-0.39, 0.29) is 5.97 Å². The molecule has 0 fully saturated rings. The maximum absolute atomic E-state index is 11.1. The third kappa shape index (κ3) is 3.24. The van der Waals surface area contributed by atoms with Crippen molar-refractivity contribution in [3.05, 3.63) is 47.6 Å². The van der Waals surface area contributed by atoms with E-state index in [1.807, 2.05) is 18.2 Å². The molecule has 2 aromatic heterocycles. The largest absolute Gasteiger partial charge is 0.427 e. The van der Waals surface area contributed by atoms with E-state index in [2.05, 4.69) is 25.7 Å². The Kier molecular flexibility index (Phi) is 4.27. The number of carbonyl (C=O) groups is 1. The number of carbonyl (C=O) groups excluding carboxylic acids is 1. The number of hydrogen-bond donors (Lipinski definition) is 2. The second-order valence-electron chi connectivity index (χ2n) is 5.42. The molecular weight excluding hydrogens is 374 g/mol. The minimum Gasteiger partial charge on any atom is -0.427 e. The summed E-state index contributed by atoms with van der Waals surface area (Å²) in [6.45, 7) is 1.36. The Balaban J connectivity index is 1.60. The molecule has 4 aromatic rings. The molecule has 7 nitrogen and oxygen atoms in total. The third-order valence-corrected chi connectivity index (χ3v) is 4.86. The van der Waals surface area contributed by atoms with Gasteiger partial charge in [-0.3, -0.25) is 9.89 Å². The molecule has 4 rings (SSSR count). The van der Waals surface area contributed by atoms with Crippen LogP contribution in [0.25, 0.3) is 21.5 Å². The monoisotopic (exact) mass is 385 g/mol. The smallest absolute Gasteiger partial charge is 0.308 e. The number of ether oxygens (including phenoxy) is 1. The quantitative estimate of drug-likeness (QED) is 0.399. The summed E-state index contributed by atoms with van der Waals surface area (Å²) in [6.07, 6.45) is 1.68. The fraction of sp³-hybridized carbons (Fsp3) is 0.0588. The Morgan fingerprint density at radius 3 is 3.00 bits per heavy atom. The second-order valence-corrected chi connectivity index (χ2v) is 6.77. The van der Waals surface area contributed by atoms with Crippen LogP contribution in [0.15, 0.2) is 42.6 Å². The number of nitrogens with one attached hydrogen (secondary N) is 2. The molecule has 2 aromatic carbocycles. The Bertz CT molecular complexity index is 1110. The van der Waals surface area contributed by atoms with Crippen LogP contribution in [0.4, 0.5) is 10.8 Å². The predicted molar refractivity (Wildman–Crippen MR) is 101 cm³/mol. The number of fused-ring (bicyclic) bond motifs is 1. The van der Waals surface area contributed by atoms with E-state index in [1.54, 1.807) is 24.4 Å². The Hall–Kier alpha value is -2.97. The highest BCUT2D eigenvalue weighted by molar-refractivity contribution is 7.18. The average molecular weight is 386 g/mol. The zero-order chi connectivity index (χ0) is 18.1. The number of rotatable bonds is 4. The second kappa shape index (κ2) is 6.74. The van der Waals surface area contributed by atoms with Gasteiger partial charge in [0.2, 0.25) is 5.13 Å². The van der Waals surface area contributed by atoms with Crippen molar-refractivity contribution in [3.8, 4) is 16.3 Å². The molecule has 0 saturated heterocycles. The number of anilines is 2. The Morgan fingerprint density at radius 2 is 2.15 bits per heavy atom. The number of benzene rings is 2. The highest BCUT2D eigenvalue weighted by atomic mass is 35.5. The lowest BCUT2D eigenvalue weighted by molar-refractivity contribution is -0.131. The van der Waals surface area contributed by atoms with Crippen molar-refractivity contribution >= 4 is 50.6 Å². The number of esters is 1. The minimum atomic E-state index is -0.369. The SMILES string of the molecule is CC(=O)Oc1cccc(-c2nnc(Nc3ccc4[nH]ncc4c3Cl)s2)c1. The molecule has 2 heterocycles. The topological polar surface area (TPSA) is 92.8 Å². The van der Waals surface area contributed by atoms with Gasteiger partial charge in [-0.1, -0.05) is 35.1 Å². The van der Waals surface area contributed by atoms with Gasteiger partial charge in [-0.2, -0.15) is 5.10 Å². The lowest BCUT2D eigenvalue weighted by atomic mass is 10.2. The third-order valence-electron chi connectivity index (χ3n) is 3.57. The van der Waals surface area contributed by atoms with Crippen LogP contribution in [0, 0.1) is 0 Å². The maximum atomic E-state index is 11.1. The fourth-order valence-corrected chi connectivity index (χ4v) is 3.46. The summed E-state index contributed by atoms with van der Waals surface area (Å²) in [6, 6.07) is 10.9. The van der Waals surface area contributed by atoms with Crippen LogP contribution < -0.4 is 10.1 Å². The van der Waals surface area contributed by atoms with Gasteiger partial charge in [-0.15, -0.1) is 10.2 Å². The normalized spacial score (nSPS) is 10.8. The molecule has 0 spiro atoms. The van der Waals surface area contributed by atoms with Crippen molar-refractivity contribution in [3.63, 3.8) is 0 Å². The Labute approximate surface area is 157 Å². The number of halogens is 1. The van der Waals surface area contributed by atoms with Crippen molar-refractivity contribution in [2.75, 3.05) is 5.32 Å². The molecular formula is C17H12ClN5O2S. The standard InChI is InChI=1S/C17H12ClN5O2S/c1-9(24)25-11-4-2-3-10(7-11)16-22-23-17(26-16)20-14-6-5-13-12(15(14)18)8-19-21-13/h2-8H,1H3,(H,19,21)(H,20,23). The van der Waals surface area contributed by atoms with Crippen molar-refractivity contribution in [1.29, 1.82) is 0 Å². The molecule has 0 aliphatic heterocycles. The summed E-state index contributed by atoms with van der Waals surface area (Å²) < 4.78 is 5.10. The lowest BCUT2D eigenvalue weighted by Crippen LogP contribution is -2.00. The van der Waals surface area contributed by atoms with Crippen LogP contribution in [0.5, 0.6) is 5.75 Å². The highest BCUT2D eigenvalue weighted by Crippen LogP contribution is 2.34. The summed E-state index contributed by atoms with van der Waals surface area (Å²) in [5.74, 6) is 0.0965. The Morgan fingerprint density at radius 1 is 1.27 bits per heavy atom. The number of aromatic amines is 1. The molecule has 0 aliphatic rings. The predicted octanol–water partition coefficient (Wildman–Crippen LogP) is 4.40. The van der Waals surface area contributed by atoms with Gasteiger partial charge < -0.3 is 10.1 Å². The van der Waals surface area contributed by atoms with E-state index in [0.717, 1.165) is 22.2 Å². The zero-order valence-electron chi connectivity index (χ0n) is 13.5. The molecule has 130 valence electrons.